The van der Waals surface area contributed by atoms with Gasteiger partial charge in [-0.25, -0.2) is 4.79 Å². The van der Waals surface area contributed by atoms with Crippen LogP contribution in [0.3, 0.4) is 0 Å². The molecule has 1 amide bonds. The summed E-state index contributed by atoms with van der Waals surface area (Å²) in [6, 6.07) is 0. The van der Waals surface area contributed by atoms with Crippen LogP contribution in [0.25, 0.3) is 0 Å². The molecule has 0 rings (SSSR count). The van der Waals surface area contributed by atoms with Gasteiger partial charge in [-0.3, -0.25) is 4.79 Å². The number of likely N-dealkylation sites (N-methyl/N-ethyl adjacent to an activating group) is 1. The molecule has 0 aromatic heterocycles. The van der Waals surface area contributed by atoms with Crippen molar-refractivity contribution in [2.75, 3.05) is 7.05 Å². The molecule has 0 bridgehead atoms. The molecule has 8 nitrogen and oxygen atoms in total. The number of amides is 1. The molecular formula is C7H13NO7. The van der Waals surface area contributed by atoms with Gasteiger partial charge in [-0.15, -0.1) is 0 Å². The van der Waals surface area contributed by atoms with Crippen molar-refractivity contribution in [1.29, 1.82) is 0 Å². The van der Waals surface area contributed by atoms with Gasteiger partial charge in [0.25, 0.3) is 5.91 Å². The summed E-state index contributed by atoms with van der Waals surface area (Å²) in [5.74, 6) is -2.77. The molecule has 15 heavy (non-hydrogen) atoms. The van der Waals surface area contributed by atoms with Crippen LogP contribution in [0.1, 0.15) is 0 Å². The first-order chi connectivity index (χ1) is 6.82. The Balaban J connectivity index is 4.49. The van der Waals surface area contributed by atoms with E-state index in [9.17, 15) is 9.59 Å². The second-order valence-electron chi connectivity index (χ2n) is 2.82. The van der Waals surface area contributed by atoms with E-state index in [0.29, 0.717) is 0 Å². The summed E-state index contributed by atoms with van der Waals surface area (Å²) in [7, 11) is 1.18. The zero-order valence-corrected chi connectivity index (χ0v) is 7.86. The van der Waals surface area contributed by atoms with Gasteiger partial charge in [0, 0.05) is 7.05 Å². The zero-order chi connectivity index (χ0) is 12.2. The molecule has 0 aromatic carbocycles. The Labute approximate surface area is 84.8 Å². The van der Waals surface area contributed by atoms with Gasteiger partial charge in [0.15, 0.2) is 12.2 Å². The Bertz CT molecular complexity index is 243. The summed E-state index contributed by atoms with van der Waals surface area (Å²) in [5, 5.41) is 46.3. The van der Waals surface area contributed by atoms with E-state index in [2.05, 4.69) is 0 Å². The standard InChI is InChI=1S/C7H13NO7/c1-8-6(13)4(11)2(9)3(10)5(12)7(14)15/h2-5,9-12H,1H3,(H,8,13)(H,14,15)/t2?,3?,4?,5-/m1/s1. The first kappa shape index (κ1) is 13.8. The number of aliphatic hydroxyl groups excluding tert-OH is 4. The number of hydrogen-bond acceptors (Lipinski definition) is 6. The Morgan fingerprint density at radius 3 is 1.73 bits per heavy atom. The third kappa shape index (κ3) is 3.44. The van der Waals surface area contributed by atoms with Crippen LogP contribution < -0.4 is 5.32 Å². The molecule has 0 spiro atoms. The van der Waals surface area contributed by atoms with Gasteiger partial charge in [0.05, 0.1) is 0 Å². The molecule has 0 aliphatic rings. The van der Waals surface area contributed by atoms with Gasteiger partial charge < -0.3 is 30.8 Å². The lowest BCUT2D eigenvalue weighted by atomic mass is 10.0. The highest BCUT2D eigenvalue weighted by molar-refractivity contribution is 5.81. The zero-order valence-electron chi connectivity index (χ0n) is 7.86. The minimum atomic E-state index is -2.28. The fraction of sp³-hybridized carbons (Fsp3) is 0.714. The average Bonchev–Trinajstić information content (AvgIpc) is 2.23. The van der Waals surface area contributed by atoms with Gasteiger partial charge in [-0.1, -0.05) is 0 Å². The molecule has 0 saturated carbocycles. The molecule has 0 saturated heterocycles. The summed E-state index contributed by atoms with van der Waals surface area (Å²) < 4.78 is 0. The monoisotopic (exact) mass is 223 g/mol. The van der Waals surface area contributed by atoms with Crippen molar-refractivity contribution in [3.05, 3.63) is 0 Å². The average molecular weight is 223 g/mol. The number of carboxylic acids is 1. The van der Waals surface area contributed by atoms with Crippen molar-refractivity contribution >= 4 is 11.9 Å². The highest BCUT2D eigenvalue weighted by Crippen LogP contribution is 2.05. The number of hydrogen-bond donors (Lipinski definition) is 6. The van der Waals surface area contributed by atoms with E-state index in [4.69, 9.17) is 25.5 Å². The molecule has 8 heteroatoms. The SMILES string of the molecule is CNC(=O)C(O)C(O)C(O)[C@@H](O)C(=O)O. The van der Waals surface area contributed by atoms with Crippen LogP contribution in [0.5, 0.6) is 0 Å². The molecule has 88 valence electrons. The first-order valence-corrected chi connectivity index (χ1v) is 3.99. The number of carbonyl (C=O) groups is 2. The normalized spacial score (nSPS) is 18.7. The number of rotatable bonds is 5. The number of carboxylic acid groups (broad SMARTS) is 1. The van der Waals surface area contributed by atoms with E-state index in [0.717, 1.165) is 0 Å². The van der Waals surface area contributed by atoms with Crippen LogP contribution in [0.15, 0.2) is 0 Å². The van der Waals surface area contributed by atoms with Crippen molar-refractivity contribution in [3.63, 3.8) is 0 Å². The van der Waals surface area contributed by atoms with Crippen LogP contribution in [-0.4, -0.2) is 68.9 Å². The maximum Gasteiger partial charge on any atom is 0.335 e. The Kier molecular flexibility index (Phi) is 5.15. The van der Waals surface area contributed by atoms with Gasteiger partial charge in [0.1, 0.15) is 12.2 Å². The fourth-order valence-electron chi connectivity index (χ4n) is 0.823. The van der Waals surface area contributed by atoms with Crippen LogP contribution in [-0.2, 0) is 9.59 Å². The van der Waals surface area contributed by atoms with E-state index >= 15 is 0 Å². The molecule has 0 radical (unpaired) electrons. The molecule has 0 aliphatic carbocycles. The molecule has 0 aliphatic heterocycles. The maximum atomic E-state index is 10.8. The van der Waals surface area contributed by atoms with Gasteiger partial charge in [-0.2, -0.15) is 0 Å². The lowest BCUT2D eigenvalue weighted by Gasteiger charge is -2.23. The van der Waals surface area contributed by atoms with Crippen LogP contribution in [0.4, 0.5) is 0 Å². The largest absolute Gasteiger partial charge is 0.479 e. The van der Waals surface area contributed by atoms with Crippen LogP contribution >= 0.6 is 0 Å². The lowest BCUT2D eigenvalue weighted by Crippen LogP contribution is -2.52. The third-order valence-electron chi connectivity index (χ3n) is 1.76. The Morgan fingerprint density at radius 1 is 1.00 bits per heavy atom. The van der Waals surface area contributed by atoms with Crippen molar-refractivity contribution in [1.82, 2.24) is 5.32 Å². The van der Waals surface area contributed by atoms with E-state index in [1.807, 2.05) is 5.32 Å². The summed E-state index contributed by atoms with van der Waals surface area (Å²) in [5.41, 5.74) is 0. The van der Waals surface area contributed by atoms with Gasteiger partial charge in [-0.05, 0) is 0 Å². The predicted molar refractivity (Wildman–Crippen MR) is 45.7 cm³/mol. The fourth-order valence-corrected chi connectivity index (χ4v) is 0.823. The predicted octanol–water partition coefficient (Wildman–Crippen LogP) is -3.74. The molecule has 0 aromatic rings. The molecule has 0 heterocycles. The van der Waals surface area contributed by atoms with E-state index in [1.54, 1.807) is 0 Å². The van der Waals surface area contributed by atoms with Crippen LogP contribution in [0, 0.1) is 0 Å². The van der Waals surface area contributed by atoms with Gasteiger partial charge >= 0.3 is 5.97 Å². The maximum absolute atomic E-state index is 10.8. The van der Waals surface area contributed by atoms with E-state index in [-0.39, 0.29) is 0 Å². The van der Waals surface area contributed by atoms with Crippen molar-refractivity contribution in [2.24, 2.45) is 0 Å². The van der Waals surface area contributed by atoms with Crippen molar-refractivity contribution in [3.8, 4) is 0 Å². The highest BCUT2D eigenvalue weighted by atomic mass is 16.4. The molecule has 4 atom stereocenters. The molecule has 3 unspecified atom stereocenters. The van der Waals surface area contributed by atoms with Crippen molar-refractivity contribution in [2.45, 2.75) is 24.4 Å². The number of carbonyl (C=O) groups excluding carboxylic acids is 1. The third-order valence-corrected chi connectivity index (χ3v) is 1.76. The Hall–Kier alpha value is -1.22. The topological polar surface area (TPSA) is 147 Å². The summed E-state index contributed by atoms with van der Waals surface area (Å²) in [6.07, 6.45) is -8.54. The van der Waals surface area contributed by atoms with Crippen LogP contribution in [0.2, 0.25) is 0 Å². The summed E-state index contributed by atoms with van der Waals surface area (Å²) in [4.78, 5) is 21.0. The summed E-state index contributed by atoms with van der Waals surface area (Å²) >= 11 is 0. The minimum Gasteiger partial charge on any atom is -0.479 e. The number of aliphatic carboxylic acids is 1. The van der Waals surface area contributed by atoms with Crippen molar-refractivity contribution < 1.29 is 35.1 Å². The second-order valence-corrected chi connectivity index (χ2v) is 2.82. The first-order valence-electron chi connectivity index (χ1n) is 3.99. The molecular weight excluding hydrogens is 210 g/mol. The molecule has 6 N–H and O–H groups in total. The minimum absolute atomic E-state index is 1.00. The van der Waals surface area contributed by atoms with E-state index in [1.165, 1.54) is 7.05 Å². The smallest absolute Gasteiger partial charge is 0.335 e. The lowest BCUT2D eigenvalue weighted by molar-refractivity contribution is -0.166. The number of aliphatic hydroxyl groups is 4. The number of nitrogens with one attached hydrogen (secondary N) is 1. The van der Waals surface area contributed by atoms with Gasteiger partial charge in [0.2, 0.25) is 0 Å². The Morgan fingerprint density at radius 2 is 1.40 bits per heavy atom. The second kappa shape index (κ2) is 5.61. The summed E-state index contributed by atoms with van der Waals surface area (Å²) in [6.45, 7) is 0. The highest BCUT2D eigenvalue weighted by Gasteiger charge is 2.36. The molecule has 0 fully saturated rings. The quantitative estimate of drug-likeness (QED) is 0.280. The van der Waals surface area contributed by atoms with E-state index < -0.39 is 36.3 Å².